The number of nitrogens with zero attached hydrogens (tertiary/aromatic N) is 2. The number of hydrogen-bond donors (Lipinski definition) is 1. The monoisotopic (exact) mass is 257 g/mol. The number of pyridine rings is 1. The Morgan fingerprint density at radius 3 is 2.89 bits per heavy atom. The average Bonchev–Trinajstić information content (AvgIpc) is 2.39. The van der Waals surface area contributed by atoms with Gasteiger partial charge in [0.05, 0.1) is 11.6 Å². The molecule has 2 rings (SSSR count). The molecule has 0 saturated carbocycles. The van der Waals surface area contributed by atoms with Crippen LogP contribution in [0.15, 0.2) is 42.6 Å². The van der Waals surface area contributed by atoms with Crippen molar-refractivity contribution in [3.05, 3.63) is 58.9 Å². The Bertz CT molecular complexity index is 590. The third-order valence-corrected chi connectivity index (χ3v) is 2.83. The minimum Gasteiger partial charge on any atom is -0.378 e. The predicted molar refractivity (Wildman–Crippen MR) is 72.4 cm³/mol. The molecule has 0 amide bonds. The van der Waals surface area contributed by atoms with Crippen molar-refractivity contribution in [2.24, 2.45) is 0 Å². The second-order valence-electron chi connectivity index (χ2n) is 3.97. The van der Waals surface area contributed by atoms with E-state index in [1.165, 1.54) is 0 Å². The Labute approximate surface area is 111 Å². The van der Waals surface area contributed by atoms with Gasteiger partial charge in [-0.2, -0.15) is 5.26 Å². The maximum absolute atomic E-state index is 8.87. The summed E-state index contributed by atoms with van der Waals surface area (Å²) in [7, 11) is 0. The van der Waals surface area contributed by atoms with Crippen LogP contribution in [0, 0.1) is 11.3 Å². The Morgan fingerprint density at radius 1 is 1.33 bits per heavy atom. The molecule has 0 spiro atoms. The summed E-state index contributed by atoms with van der Waals surface area (Å²) in [5.74, 6) is 0. The molecular formula is C14H12ClN3. The van der Waals surface area contributed by atoms with E-state index in [0.717, 1.165) is 11.3 Å². The number of nitriles is 1. The highest BCUT2D eigenvalue weighted by Gasteiger charge is 2.06. The quantitative estimate of drug-likeness (QED) is 0.852. The number of benzene rings is 1. The molecule has 0 aliphatic carbocycles. The van der Waals surface area contributed by atoms with Crippen LogP contribution in [-0.2, 0) is 0 Å². The van der Waals surface area contributed by atoms with Crippen molar-refractivity contribution in [3.63, 3.8) is 0 Å². The highest BCUT2D eigenvalue weighted by molar-refractivity contribution is 6.29. The molecule has 1 N–H and O–H groups in total. The molecule has 1 aromatic heterocycles. The highest BCUT2D eigenvalue weighted by Crippen LogP contribution is 2.21. The molecule has 0 fully saturated rings. The molecule has 1 heterocycles. The molecular weight excluding hydrogens is 246 g/mol. The maximum Gasteiger partial charge on any atom is 0.131 e. The van der Waals surface area contributed by atoms with E-state index in [2.05, 4.69) is 16.4 Å². The summed E-state index contributed by atoms with van der Waals surface area (Å²) in [4.78, 5) is 3.93. The standard InChI is InChI=1S/C14H12ClN3/c1-10(12-4-2-3-11(7-12)9-16)18-13-5-6-17-14(15)8-13/h2-8,10H,1H3,(H,17,18). The van der Waals surface area contributed by atoms with Gasteiger partial charge in [0.15, 0.2) is 0 Å². The van der Waals surface area contributed by atoms with Crippen LogP contribution in [0.4, 0.5) is 5.69 Å². The number of halogens is 1. The van der Waals surface area contributed by atoms with Crippen molar-refractivity contribution in [2.75, 3.05) is 5.32 Å². The number of anilines is 1. The fourth-order valence-corrected chi connectivity index (χ4v) is 1.88. The van der Waals surface area contributed by atoms with Crippen LogP contribution >= 0.6 is 11.6 Å². The van der Waals surface area contributed by atoms with E-state index in [4.69, 9.17) is 16.9 Å². The van der Waals surface area contributed by atoms with E-state index < -0.39 is 0 Å². The average molecular weight is 258 g/mol. The summed E-state index contributed by atoms with van der Waals surface area (Å²) in [5, 5.41) is 12.6. The van der Waals surface area contributed by atoms with Gasteiger partial charge in [0.1, 0.15) is 5.15 Å². The van der Waals surface area contributed by atoms with Crippen LogP contribution in [0.1, 0.15) is 24.1 Å². The molecule has 0 bridgehead atoms. The lowest BCUT2D eigenvalue weighted by Gasteiger charge is -2.15. The Morgan fingerprint density at radius 2 is 2.17 bits per heavy atom. The third-order valence-electron chi connectivity index (χ3n) is 2.63. The number of rotatable bonds is 3. The summed E-state index contributed by atoms with van der Waals surface area (Å²) in [5.41, 5.74) is 2.63. The lowest BCUT2D eigenvalue weighted by Crippen LogP contribution is -2.06. The van der Waals surface area contributed by atoms with Crippen molar-refractivity contribution < 1.29 is 0 Å². The SMILES string of the molecule is CC(Nc1ccnc(Cl)c1)c1cccc(C#N)c1. The zero-order valence-corrected chi connectivity index (χ0v) is 10.6. The molecule has 2 aromatic rings. The highest BCUT2D eigenvalue weighted by atomic mass is 35.5. The summed E-state index contributed by atoms with van der Waals surface area (Å²) in [6.45, 7) is 2.03. The van der Waals surface area contributed by atoms with Gasteiger partial charge in [0.25, 0.3) is 0 Å². The zero-order valence-electron chi connectivity index (χ0n) is 9.89. The van der Waals surface area contributed by atoms with Gasteiger partial charge in [-0.3, -0.25) is 0 Å². The Kier molecular flexibility index (Phi) is 3.81. The number of nitrogens with one attached hydrogen (secondary N) is 1. The van der Waals surface area contributed by atoms with Crippen LogP contribution < -0.4 is 5.32 Å². The lowest BCUT2D eigenvalue weighted by molar-refractivity contribution is 0.883. The van der Waals surface area contributed by atoms with E-state index in [1.807, 2.05) is 31.2 Å². The maximum atomic E-state index is 8.87. The molecule has 0 saturated heterocycles. The molecule has 0 radical (unpaired) electrons. The molecule has 0 aliphatic rings. The summed E-state index contributed by atoms with van der Waals surface area (Å²) < 4.78 is 0. The third kappa shape index (κ3) is 2.99. The minimum absolute atomic E-state index is 0.0942. The molecule has 1 aromatic carbocycles. The molecule has 18 heavy (non-hydrogen) atoms. The van der Waals surface area contributed by atoms with Crippen molar-refractivity contribution >= 4 is 17.3 Å². The van der Waals surface area contributed by atoms with Crippen LogP contribution in [0.2, 0.25) is 5.15 Å². The largest absolute Gasteiger partial charge is 0.378 e. The summed E-state index contributed by atoms with van der Waals surface area (Å²) in [6, 6.07) is 13.4. The van der Waals surface area contributed by atoms with E-state index in [9.17, 15) is 0 Å². The lowest BCUT2D eigenvalue weighted by atomic mass is 10.1. The van der Waals surface area contributed by atoms with Gasteiger partial charge in [-0.05, 0) is 36.8 Å². The number of aromatic nitrogens is 1. The molecule has 4 heteroatoms. The van der Waals surface area contributed by atoms with Crippen LogP contribution in [-0.4, -0.2) is 4.98 Å². The molecule has 0 aliphatic heterocycles. The van der Waals surface area contributed by atoms with Gasteiger partial charge in [-0.25, -0.2) is 4.98 Å². The molecule has 1 atom stereocenters. The molecule has 90 valence electrons. The van der Waals surface area contributed by atoms with Crippen molar-refractivity contribution in [2.45, 2.75) is 13.0 Å². The van der Waals surface area contributed by atoms with E-state index in [0.29, 0.717) is 10.7 Å². The second kappa shape index (κ2) is 5.52. The molecule has 1 unspecified atom stereocenters. The first kappa shape index (κ1) is 12.4. The van der Waals surface area contributed by atoms with Crippen LogP contribution in [0.5, 0.6) is 0 Å². The zero-order chi connectivity index (χ0) is 13.0. The summed E-state index contributed by atoms with van der Waals surface area (Å²) >= 11 is 5.83. The Hall–Kier alpha value is -2.05. The van der Waals surface area contributed by atoms with Gasteiger partial charge in [-0.1, -0.05) is 23.7 Å². The van der Waals surface area contributed by atoms with Crippen LogP contribution in [0.25, 0.3) is 0 Å². The van der Waals surface area contributed by atoms with E-state index in [-0.39, 0.29) is 6.04 Å². The first-order valence-corrected chi connectivity index (χ1v) is 5.95. The van der Waals surface area contributed by atoms with E-state index in [1.54, 1.807) is 18.3 Å². The molecule has 3 nitrogen and oxygen atoms in total. The van der Waals surface area contributed by atoms with Crippen molar-refractivity contribution in [3.8, 4) is 6.07 Å². The van der Waals surface area contributed by atoms with Gasteiger partial charge in [0, 0.05) is 17.9 Å². The fraction of sp³-hybridized carbons (Fsp3) is 0.143. The van der Waals surface area contributed by atoms with E-state index >= 15 is 0 Å². The second-order valence-corrected chi connectivity index (χ2v) is 4.36. The first-order valence-electron chi connectivity index (χ1n) is 5.57. The van der Waals surface area contributed by atoms with Gasteiger partial charge >= 0.3 is 0 Å². The summed E-state index contributed by atoms with van der Waals surface area (Å²) in [6.07, 6.45) is 1.66. The topological polar surface area (TPSA) is 48.7 Å². The van der Waals surface area contributed by atoms with Crippen molar-refractivity contribution in [1.82, 2.24) is 4.98 Å². The van der Waals surface area contributed by atoms with Gasteiger partial charge < -0.3 is 5.32 Å². The normalized spacial score (nSPS) is 11.6. The minimum atomic E-state index is 0.0942. The predicted octanol–water partition coefficient (Wildman–Crippen LogP) is 3.78. The van der Waals surface area contributed by atoms with Gasteiger partial charge in [-0.15, -0.1) is 0 Å². The Balaban J connectivity index is 2.17. The smallest absolute Gasteiger partial charge is 0.131 e. The first-order chi connectivity index (χ1) is 8.69. The van der Waals surface area contributed by atoms with Gasteiger partial charge in [0.2, 0.25) is 0 Å². The number of hydrogen-bond acceptors (Lipinski definition) is 3. The fourth-order valence-electron chi connectivity index (χ4n) is 1.70. The van der Waals surface area contributed by atoms with Crippen molar-refractivity contribution in [1.29, 1.82) is 5.26 Å². The van der Waals surface area contributed by atoms with Crippen LogP contribution in [0.3, 0.4) is 0 Å².